The molecule has 156 valence electrons. The highest BCUT2D eigenvalue weighted by molar-refractivity contribution is 6.04. The van der Waals surface area contributed by atoms with Gasteiger partial charge in [-0.15, -0.1) is 0 Å². The van der Waals surface area contributed by atoms with Crippen LogP contribution < -0.4 is 16.4 Å². The molecule has 31 heavy (non-hydrogen) atoms. The number of nitrogens with one attached hydrogen (secondary N) is 2. The number of aryl methyl sites for hydroxylation is 1. The molecule has 0 spiro atoms. The second kappa shape index (κ2) is 7.71. The molecule has 0 aliphatic rings. The van der Waals surface area contributed by atoms with Crippen LogP contribution in [0.1, 0.15) is 16.1 Å². The van der Waals surface area contributed by atoms with Crippen molar-refractivity contribution in [3.05, 3.63) is 66.0 Å². The van der Waals surface area contributed by atoms with Crippen molar-refractivity contribution in [2.24, 2.45) is 0 Å². The van der Waals surface area contributed by atoms with E-state index in [-0.39, 0.29) is 33.7 Å². The van der Waals surface area contributed by atoms with E-state index in [1.807, 2.05) is 0 Å². The second-order valence-corrected chi connectivity index (χ2v) is 6.60. The summed E-state index contributed by atoms with van der Waals surface area (Å²) in [6.45, 7) is 1.77. The number of nitrogen functional groups attached to an aromatic ring is 1. The lowest BCUT2D eigenvalue weighted by molar-refractivity contribution is 0.0697. The molecule has 0 saturated carbocycles. The van der Waals surface area contributed by atoms with Crippen LogP contribution in [-0.2, 0) is 0 Å². The number of benzene rings is 1. The number of urea groups is 1. The average molecular weight is 421 g/mol. The van der Waals surface area contributed by atoms with Crippen LogP contribution in [-0.4, -0.2) is 36.7 Å². The zero-order valence-electron chi connectivity index (χ0n) is 16.1. The fourth-order valence-electron chi connectivity index (χ4n) is 3.14. The van der Waals surface area contributed by atoms with E-state index in [0.29, 0.717) is 11.5 Å². The molecule has 3 heterocycles. The molecule has 0 bridgehead atoms. The van der Waals surface area contributed by atoms with E-state index in [0.717, 1.165) is 6.07 Å². The van der Waals surface area contributed by atoms with Gasteiger partial charge in [0.2, 0.25) is 0 Å². The Morgan fingerprint density at radius 2 is 2.00 bits per heavy atom. The maximum absolute atomic E-state index is 14.8. The summed E-state index contributed by atoms with van der Waals surface area (Å²) in [5, 5.41) is 18.4. The number of nitrogens with two attached hydrogens (primary N) is 1. The first kappa shape index (κ1) is 19.8. The Kier molecular flexibility index (Phi) is 4.91. The number of nitrogens with zero attached hydrogens (tertiary/aromatic N) is 4. The monoisotopic (exact) mass is 421 g/mol. The Morgan fingerprint density at radius 1 is 1.19 bits per heavy atom. The minimum atomic E-state index is -1.23. The number of aromatic nitrogens is 4. The molecule has 10 nitrogen and oxygen atoms in total. The zero-order chi connectivity index (χ0) is 22.1. The fourth-order valence-corrected chi connectivity index (χ4v) is 3.14. The minimum absolute atomic E-state index is 0.0464. The first-order valence-electron chi connectivity index (χ1n) is 9.00. The molecule has 2 amide bonds. The van der Waals surface area contributed by atoms with Gasteiger partial charge in [-0.25, -0.2) is 28.5 Å². The summed E-state index contributed by atoms with van der Waals surface area (Å²) < 4.78 is 16.0. The van der Waals surface area contributed by atoms with Crippen molar-refractivity contribution < 1.29 is 19.1 Å². The standard InChI is InChI=1S/C20H16FN7O3/c1-10-3-2-4-15(25-10)27-20(31)26-14-6-5-11(7-13(14)21)16-12(19(29)30)8-28-17(16)18(22)23-9-24-28/h2-9H,1H3,(H,29,30)(H2,22,23,24)(H2,25,26,27,31). The zero-order valence-corrected chi connectivity index (χ0v) is 16.1. The molecule has 0 atom stereocenters. The molecule has 0 aliphatic carbocycles. The van der Waals surface area contributed by atoms with Gasteiger partial charge in [0.1, 0.15) is 23.5 Å². The van der Waals surface area contributed by atoms with E-state index in [9.17, 15) is 19.1 Å². The number of halogens is 1. The van der Waals surface area contributed by atoms with Crippen LogP contribution in [0.3, 0.4) is 0 Å². The lowest BCUT2D eigenvalue weighted by Gasteiger charge is -2.10. The Bertz CT molecular complexity index is 1340. The van der Waals surface area contributed by atoms with Gasteiger partial charge in [0.15, 0.2) is 5.82 Å². The minimum Gasteiger partial charge on any atom is -0.478 e. The highest BCUT2D eigenvalue weighted by atomic mass is 19.1. The predicted octanol–water partition coefficient (Wildman–Crippen LogP) is 3.16. The Hall–Kier alpha value is -4.54. The third-order valence-corrected chi connectivity index (χ3v) is 4.47. The van der Waals surface area contributed by atoms with Gasteiger partial charge in [-0.2, -0.15) is 5.10 Å². The first-order valence-corrected chi connectivity index (χ1v) is 9.00. The number of aromatic carboxylic acids is 1. The number of amides is 2. The quantitative estimate of drug-likeness (QED) is 0.396. The molecule has 0 fully saturated rings. The van der Waals surface area contributed by atoms with E-state index in [2.05, 4.69) is 25.7 Å². The molecular weight excluding hydrogens is 405 g/mol. The van der Waals surface area contributed by atoms with E-state index in [4.69, 9.17) is 5.73 Å². The summed E-state index contributed by atoms with van der Waals surface area (Å²) in [6, 6.07) is 8.32. The van der Waals surface area contributed by atoms with Gasteiger partial charge >= 0.3 is 12.0 Å². The molecule has 4 aromatic rings. The topological polar surface area (TPSA) is 148 Å². The largest absolute Gasteiger partial charge is 0.478 e. The van der Waals surface area contributed by atoms with Crippen molar-refractivity contribution in [1.82, 2.24) is 19.6 Å². The Labute approximate surface area is 174 Å². The Morgan fingerprint density at radius 3 is 2.71 bits per heavy atom. The van der Waals surface area contributed by atoms with Crippen LogP contribution in [0.15, 0.2) is 48.9 Å². The average Bonchev–Trinajstić information content (AvgIpc) is 3.11. The molecule has 0 saturated heterocycles. The molecule has 0 radical (unpaired) electrons. The third kappa shape index (κ3) is 3.83. The number of fused-ring (bicyclic) bond motifs is 1. The van der Waals surface area contributed by atoms with Crippen molar-refractivity contribution in [3.8, 4) is 11.1 Å². The van der Waals surface area contributed by atoms with Crippen LogP contribution in [0.4, 0.5) is 26.5 Å². The van der Waals surface area contributed by atoms with Crippen molar-refractivity contribution in [2.45, 2.75) is 6.92 Å². The first-order chi connectivity index (χ1) is 14.8. The molecule has 0 unspecified atom stereocenters. The van der Waals surface area contributed by atoms with Gasteiger partial charge in [0.25, 0.3) is 0 Å². The van der Waals surface area contributed by atoms with Crippen LogP contribution >= 0.6 is 0 Å². The number of carbonyl (C=O) groups is 2. The highest BCUT2D eigenvalue weighted by Gasteiger charge is 2.22. The van der Waals surface area contributed by atoms with Crippen LogP contribution in [0.25, 0.3) is 16.6 Å². The number of rotatable bonds is 4. The van der Waals surface area contributed by atoms with E-state index in [1.54, 1.807) is 25.1 Å². The summed E-state index contributed by atoms with van der Waals surface area (Å²) in [6.07, 6.45) is 2.46. The van der Waals surface area contributed by atoms with E-state index in [1.165, 1.54) is 29.2 Å². The number of carbonyl (C=O) groups excluding carboxylic acids is 1. The molecular formula is C20H16FN7O3. The highest BCUT2D eigenvalue weighted by Crippen LogP contribution is 2.34. The van der Waals surface area contributed by atoms with Crippen molar-refractivity contribution in [2.75, 3.05) is 16.4 Å². The van der Waals surface area contributed by atoms with Crippen molar-refractivity contribution in [3.63, 3.8) is 0 Å². The molecule has 0 aliphatic heterocycles. The van der Waals surface area contributed by atoms with Crippen LogP contribution in [0, 0.1) is 12.7 Å². The number of pyridine rings is 1. The smallest absolute Gasteiger partial charge is 0.337 e. The van der Waals surface area contributed by atoms with E-state index < -0.39 is 17.8 Å². The number of carboxylic acids is 1. The van der Waals surface area contributed by atoms with E-state index >= 15 is 0 Å². The summed E-state index contributed by atoms with van der Waals surface area (Å²) in [5.41, 5.74) is 7.05. The SMILES string of the molecule is Cc1cccc(NC(=O)Nc2ccc(-c3c(C(=O)O)cn4ncnc(N)c34)cc2F)n1. The van der Waals surface area contributed by atoms with Gasteiger partial charge < -0.3 is 16.2 Å². The molecule has 5 N–H and O–H groups in total. The van der Waals surface area contributed by atoms with Gasteiger partial charge in [0, 0.05) is 17.5 Å². The number of hydrogen-bond acceptors (Lipinski definition) is 6. The van der Waals surface area contributed by atoms with Crippen molar-refractivity contribution in [1.29, 1.82) is 0 Å². The van der Waals surface area contributed by atoms with Crippen molar-refractivity contribution >= 4 is 34.8 Å². The lowest BCUT2D eigenvalue weighted by Crippen LogP contribution is -2.20. The maximum atomic E-state index is 14.8. The summed E-state index contributed by atoms with van der Waals surface area (Å²) in [5.74, 6) is -1.63. The summed E-state index contributed by atoms with van der Waals surface area (Å²) in [4.78, 5) is 31.9. The molecule has 3 aromatic heterocycles. The molecule has 1 aromatic carbocycles. The normalized spacial score (nSPS) is 10.8. The third-order valence-electron chi connectivity index (χ3n) is 4.47. The van der Waals surface area contributed by atoms with Gasteiger partial charge in [0.05, 0.1) is 11.3 Å². The number of anilines is 3. The molecule has 11 heteroatoms. The number of hydrogen-bond donors (Lipinski definition) is 4. The maximum Gasteiger partial charge on any atom is 0.337 e. The van der Waals surface area contributed by atoms with Crippen LogP contribution in [0.2, 0.25) is 0 Å². The fraction of sp³-hybridized carbons (Fsp3) is 0.0500. The lowest BCUT2D eigenvalue weighted by atomic mass is 10.0. The summed E-state index contributed by atoms with van der Waals surface area (Å²) in [7, 11) is 0. The predicted molar refractivity (Wildman–Crippen MR) is 111 cm³/mol. The van der Waals surface area contributed by atoms with Gasteiger partial charge in [-0.05, 0) is 36.8 Å². The van der Waals surface area contributed by atoms with Gasteiger partial charge in [-0.3, -0.25) is 5.32 Å². The second-order valence-electron chi connectivity index (χ2n) is 6.60. The molecule has 4 rings (SSSR count). The van der Waals surface area contributed by atoms with Gasteiger partial charge in [-0.1, -0.05) is 12.1 Å². The Balaban J connectivity index is 1.66. The number of carboxylic acid groups (broad SMARTS) is 1. The van der Waals surface area contributed by atoms with Crippen LogP contribution in [0.5, 0.6) is 0 Å². The summed E-state index contributed by atoms with van der Waals surface area (Å²) >= 11 is 0.